The smallest absolute Gasteiger partial charge is 0.121 e. The van der Waals surface area contributed by atoms with Gasteiger partial charge in [0.15, 0.2) is 0 Å². The van der Waals surface area contributed by atoms with E-state index in [1.165, 1.54) is 0 Å². The minimum Gasteiger partial charge on any atom is -0.396 e. The fraction of sp³-hybridized carbons (Fsp3) is 1.00. The van der Waals surface area contributed by atoms with Crippen LogP contribution in [0.5, 0.6) is 0 Å². The fourth-order valence-electron chi connectivity index (χ4n) is 0.988. The molecule has 0 radical (unpaired) electrons. The Labute approximate surface area is 59.3 Å². The molecule has 4 heteroatoms. The van der Waals surface area contributed by atoms with E-state index in [1.54, 1.807) is 0 Å². The molecule has 0 aromatic rings. The topological polar surface area (TPSA) is 58.9 Å². The second kappa shape index (κ2) is 3.88. The van der Waals surface area contributed by atoms with Gasteiger partial charge < -0.3 is 10.2 Å². The third-order valence-electron chi connectivity index (χ3n) is 1.70. The Balaban J connectivity index is 2.34. The quantitative estimate of drug-likeness (QED) is 0.509. The third-order valence-corrected chi connectivity index (χ3v) is 1.70. The van der Waals surface area contributed by atoms with Gasteiger partial charge in [-0.3, -0.25) is 0 Å². The van der Waals surface area contributed by atoms with Gasteiger partial charge in [-0.05, 0) is 6.42 Å². The number of aliphatic hydroxyl groups is 2. The molecule has 10 heavy (non-hydrogen) atoms. The van der Waals surface area contributed by atoms with Gasteiger partial charge in [-0.1, -0.05) is 0 Å². The lowest BCUT2D eigenvalue weighted by atomic mass is 10.0. The van der Waals surface area contributed by atoms with Gasteiger partial charge in [-0.2, -0.15) is 0 Å². The van der Waals surface area contributed by atoms with Crippen molar-refractivity contribution in [2.75, 3.05) is 19.8 Å². The van der Waals surface area contributed by atoms with Crippen LogP contribution in [0.4, 0.5) is 0 Å². The second-order valence-electron chi connectivity index (χ2n) is 2.37. The van der Waals surface area contributed by atoms with Crippen molar-refractivity contribution in [3.05, 3.63) is 0 Å². The standard InChI is InChI=1S/C6H12O4/c7-3-5-1-2-9-10-6(5)4-8/h5-8H,1-4H2. The van der Waals surface area contributed by atoms with E-state index in [0.717, 1.165) is 6.42 Å². The molecule has 0 amide bonds. The van der Waals surface area contributed by atoms with Crippen molar-refractivity contribution in [1.82, 2.24) is 0 Å². The monoisotopic (exact) mass is 148 g/mol. The van der Waals surface area contributed by atoms with Crippen LogP contribution in [-0.2, 0) is 9.78 Å². The summed E-state index contributed by atoms with van der Waals surface area (Å²) in [6, 6.07) is 0. The van der Waals surface area contributed by atoms with Gasteiger partial charge in [0.2, 0.25) is 0 Å². The van der Waals surface area contributed by atoms with Crippen LogP contribution in [-0.4, -0.2) is 36.1 Å². The molecule has 0 aromatic carbocycles. The third kappa shape index (κ3) is 1.67. The van der Waals surface area contributed by atoms with Crippen molar-refractivity contribution in [3.8, 4) is 0 Å². The average Bonchev–Trinajstić information content (AvgIpc) is 2.04. The van der Waals surface area contributed by atoms with Crippen LogP contribution in [0.2, 0.25) is 0 Å². The molecule has 0 spiro atoms. The van der Waals surface area contributed by atoms with Gasteiger partial charge in [0.05, 0.1) is 13.2 Å². The van der Waals surface area contributed by atoms with Gasteiger partial charge >= 0.3 is 0 Å². The maximum Gasteiger partial charge on any atom is 0.121 e. The Hall–Kier alpha value is -0.160. The lowest BCUT2D eigenvalue weighted by Gasteiger charge is -2.27. The molecule has 0 aromatic heterocycles. The van der Waals surface area contributed by atoms with Crippen LogP contribution in [0.15, 0.2) is 0 Å². The summed E-state index contributed by atoms with van der Waals surface area (Å²) < 4.78 is 0. The minimum atomic E-state index is -0.348. The number of aliphatic hydroxyl groups excluding tert-OH is 2. The van der Waals surface area contributed by atoms with Crippen molar-refractivity contribution >= 4 is 0 Å². The molecular weight excluding hydrogens is 136 g/mol. The summed E-state index contributed by atoms with van der Waals surface area (Å²) in [7, 11) is 0. The number of rotatable bonds is 2. The maximum absolute atomic E-state index is 8.75. The van der Waals surface area contributed by atoms with Crippen molar-refractivity contribution in [1.29, 1.82) is 0 Å². The SMILES string of the molecule is OCC1CCOOC1CO. The summed E-state index contributed by atoms with van der Waals surface area (Å²) in [5, 5.41) is 17.4. The van der Waals surface area contributed by atoms with Crippen LogP contribution >= 0.6 is 0 Å². The Morgan fingerprint density at radius 1 is 1.30 bits per heavy atom. The van der Waals surface area contributed by atoms with Crippen LogP contribution in [0.25, 0.3) is 0 Å². The minimum absolute atomic E-state index is 0.0266. The first kappa shape index (κ1) is 7.94. The molecular formula is C6H12O4. The molecule has 0 aliphatic carbocycles. The molecule has 2 N–H and O–H groups in total. The molecule has 1 saturated heterocycles. The second-order valence-corrected chi connectivity index (χ2v) is 2.37. The molecule has 1 aliphatic rings. The summed E-state index contributed by atoms with van der Waals surface area (Å²) in [5.41, 5.74) is 0. The Bertz CT molecular complexity index is 83.7. The lowest BCUT2D eigenvalue weighted by molar-refractivity contribution is -0.364. The molecule has 0 bridgehead atoms. The Morgan fingerprint density at radius 2 is 2.10 bits per heavy atom. The van der Waals surface area contributed by atoms with E-state index in [4.69, 9.17) is 15.1 Å². The van der Waals surface area contributed by atoms with Crippen LogP contribution in [0.1, 0.15) is 6.42 Å². The van der Waals surface area contributed by atoms with Gasteiger partial charge in [-0.25, -0.2) is 9.78 Å². The molecule has 1 rings (SSSR count). The van der Waals surface area contributed by atoms with E-state index in [2.05, 4.69) is 4.89 Å². The summed E-state index contributed by atoms with van der Waals surface area (Å²) in [6.07, 6.45) is 0.403. The molecule has 0 saturated carbocycles. The van der Waals surface area contributed by atoms with E-state index in [0.29, 0.717) is 6.61 Å². The van der Waals surface area contributed by atoms with Crippen molar-refractivity contribution < 1.29 is 20.0 Å². The highest BCUT2D eigenvalue weighted by atomic mass is 17.2. The van der Waals surface area contributed by atoms with Crippen molar-refractivity contribution in [2.24, 2.45) is 5.92 Å². The molecule has 1 fully saturated rings. The van der Waals surface area contributed by atoms with E-state index in [-0.39, 0.29) is 25.2 Å². The molecule has 1 heterocycles. The van der Waals surface area contributed by atoms with Crippen LogP contribution in [0.3, 0.4) is 0 Å². The van der Waals surface area contributed by atoms with Crippen LogP contribution < -0.4 is 0 Å². The fourth-order valence-corrected chi connectivity index (χ4v) is 0.988. The predicted molar refractivity (Wildman–Crippen MR) is 33.1 cm³/mol. The Kier molecular flexibility index (Phi) is 3.08. The first-order chi connectivity index (χ1) is 4.88. The largest absolute Gasteiger partial charge is 0.396 e. The molecule has 60 valence electrons. The van der Waals surface area contributed by atoms with Gasteiger partial charge in [-0.15, -0.1) is 0 Å². The zero-order chi connectivity index (χ0) is 7.40. The Morgan fingerprint density at radius 3 is 2.60 bits per heavy atom. The zero-order valence-corrected chi connectivity index (χ0v) is 5.69. The van der Waals surface area contributed by atoms with E-state index in [9.17, 15) is 0 Å². The maximum atomic E-state index is 8.75. The highest BCUT2D eigenvalue weighted by molar-refractivity contribution is 4.69. The molecule has 4 nitrogen and oxygen atoms in total. The molecule has 2 unspecified atom stereocenters. The number of hydrogen-bond acceptors (Lipinski definition) is 4. The average molecular weight is 148 g/mol. The predicted octanol–water partition coefficient (Wildman–Crippen LogP) is -0.692. The first-order valence-electron chi connectivity index (χ1n) is 3.38. The first-order valence-corrected chi connectivity index (χ1v) is 3.38. The van der Waals surface area contributed by atoms with Crippen LogP contribution in [0, 0.1) is 5.92 Å². The highest BCUT2D eigenvalue weighted by Gasteiger charge is 2.25. The highest BCUT2D eigenvalue weighted by Crippen LogP contribution is 2.17. The summed E-state index contributed by atoms with van der Waals surface area (Å²) in [6.45, 7) is 0.460. The zero-order valence-electron chi connectivity index (χ0n) is 5.69. The van der Waals surface area contributed by atoms with Gasteiger partial charge in [0, 0.05) is 12.5 Å². The lowest BCUT2D eigenvalue weighted by Crippen LogP contribution is -2.35. The van der Waals surface area contributed by atoms with E-state index in [1.807, 2.05) is 0 Å². The normalized spacial score (nSPS) is 34.2. The summed E-state index contributed by atoms with van der Waals surface area (Å²) >= 11 is 0. The molecule has 1 aliphatic heterocycles. The van der Waals surface area contributed by atoms with E-state index >= 15 is 0 Å². The van der Waals surface area contributed by atoms with Crippen molar-refractivity contribution in [3.63, 3.8) is 0 Å². The van der Waals surface area contributed by atoms with Gasteiger partial charge in [0.1, 0.15) is 6.10 Å². The van der Waals surface area contributed by atoms with E-state index < -0.39 is 0 Å². The van der Waals surface area contributed by atoms with Gasteiger partial charge in [0.25, 0.3) is 0 Å². The van der Waals surface area contributed by atoms with Crippen molar-refractivity contribution in [2.45, 2.75) is 12.5 Å². The molecule has 2 atom stereocenters. The summed E-state index contributed by atoms with van der Waals surface area (Å²) in [5.74, 6) is 0.0266. The number of hydrogen-bond donors (Lipinski definition) is 2. The summed E-state index contributed by atoms with van der Waals surface area (Å²) in [4.78, 5) is 9.35.